The third-order valence-corrected chi connectivity index (χ3v) is 4.57. The first-order valence-corrected chi connectivity index (χ1v) is 8.95. The van der Waals surface area contributed by atoms with Gasteiger partial charge in [-0.2, -0.15) is 0 Å². The topological polar surface area (TPSA) is 102 Å². The number of carbonyl (C=O) groups excluding carboxylic acids is 2. The van der Waals surface area contributed by atoms with Crippen LogP contribution in [-0.4, -0.2) is 39.5 Å². The molecule has 24 heavy (non-hydrogen) atoms. The zero-order chi connectivity index (χ0) is 18.2. The quantitative estimate of drug-likeness (QED) is 0.500. The van der Waals surface area contributed by atoms with E-state index in [1.807, 2.05) is 0 Å². The highest BCUT2D eigenvalue weighted by Crippen LogP contribution is 2.13. The van der Waals surface area contributed by atoms with Crippen molar-refractivity contribution in [3.63, 3.8) is 0 Å². The fraction of sp³-hybridized carbons (Fsp3) is 0.333. The van der Waals surface area contributed by atoms with Gasteiger partial charge in [-0.3, -0.25) is 9.59 Å². The van der Waals surface area contributed by atoms with Gasteiger partial charge in [-0.05, 0) is 31.2 Å². The molecule has 0 aliphatic carbocycles. The molecule has 7 nitrogen and oxygen atoms in total. The van der Waals surface area contributed by atoms with E-state index in [2.05, 4.69) is 16.6 Å². The number of benzene rings is 1. The summed E-state index contributed by atoms with van der Waals surface area (Å²) in [6, 6.07) is 5.62. The Morgan fingerprint density at radius 3 is 2.54 bits per heavy atom. The molecule has 0 heterocycles. The van der Waals surface area contributed by atoms with Crippen LogP contribution in [0, 0.1) is 0 Å². The van der Waals surface area contributed by atoms with Crippen molar-refractivity contribution in [1.82, 2.24) is 10.0 Å². The van der Waals surface area contributed by atoms with Crippen molar-refractivity contribution in [2.75, 3.05) is 13.1 Å². The molecule has 0 aliphatic rings. The first kappa shape index (κ1) is 20.1. The van der Waals surface area contributed by atoms with Crippen molar-refractivity contribution in [2.45, 2.75) is 24.3 Å². The summed E-state index contributed by atoms with van der Waals surface area (Å²) in [5, 5.41) is 2.91. The second-order valence-electron chi connectivity index (χ2n) is 4.77. The second-order valence-corrected chi connectivity index (χ2v) is 6.97. The fourth-order valence-electron chi connectivity index (χ4n) is 1.61. The Morgan fingerprint density at radius 1 is 1.33 bits per heavy atom. The van der Waals surface area contributed by atoms with Crippen molar-refractivity contribution in [3.8, 4) is 0 Å². The standard InChI is InChI=1S/C15H19ClN2O5S/c1-3-9-17-15(20)11(2)23-14(19)8-10-18-24(21,22)13-6-4-12(16)5-7-13/h3-7,11,18H,1,8-10H2,2H3,(H,17,20)/t11-/m0/s1. The minimum absolute atomic E-state index is 0.0393. The lowest BCUT2D eigenvalue weighted by Gasteiger charge is -2.13. The smallest absolute Gasteiger partial charge is 0.307 e. The Labute approximate surface area is 146 Å². The summed E-state index contributed by atoms with van der Waals surface area (Å²) >= 11 is 5.70. The maximum Gasteiger partial charge on any atom is 0.307 e. The van der Waals surface area contributed by atoms with E-state index < -0.39 is 28.0 Å². The van der Waals surface area contributed by atoms with Crippen LogP contribution in [0.2, 0.25) is 5.02 Å². The van der Waals surface area contributed by atoms with Crippen molar-refractivity contribution < 1.29 is 22.7 Å². The Hall–Kier alpha value is -1.90. The average Bonchev–Trinajstić information content (AvgIpc) is 2.52. The summed E-state index contributed by atoms with van der Waals surface area (Å²) < 4.78 is 31.2. The molecular weight excluding hydrogens is 356 g/mol. The minimum Gasteiger partial charge on any atom is -0.453 e. The number of halogens is 1. The lowest BCUT2D eigenvalue weighted by atomic mass is 10.3. The van der Waals surface area contributed by atoms with Gasteiger partial charge >= 0.3 is 5.97 Å². The Bertz CT molecular complexity index is 688. The first-order valence-electron chi connectivity index (χ1n) is 7.09. The number of carbonyl (C=O) groups is 2. The van der Waals surface area contributed by atoms with Crippen molar-refractivity contribution in [3.05, 3.63) is 41.9 Å². The molecule has 0 aromatic heterocycles. The second kappa shape index (κ2) is 9.41. The van der Waals surface area contributed by atoms with E-state index in [4.69, 9.17) is 16.3 Å². The molecule has 0 bridgehead atoms. The summed E-state index contributed by atoms with van der Waals surface area (Å²) in [6.45, 7) is 4.99. The Kier molecular flexibility index (Phi) is 7.90. The normalized spacial score (nSPS) is 12.2. The summed E-state index contributed by atoms with van der Waals surface area (Å²) in [5.74, 6) is -1.14. The summed E-state index contributed by atoms with van der Waals surface area (Å²) in [7, 11) is -3.74. The number of nitrogens with one attached hydrogen (secondary N) is 2. The molecule has 9 heteroatoms. The first-order chi connectivity index (χ1) is 11.3. The molecule has 0 fully saturated rings. The molecule has 0 saturated heterocycles. The summed E-state index contributed by atoms with van der Waals surface area (Å²) in [4.78, 5) is 23.2. The highest BCUT2D eigenvalue weighted by molar-refractivity contribution is 7.89. The molecule has 0 radical (unpaired) electrons. The van der Waals surface area contributed by atoms with Gasteiger partial charge in [0, 0.05) is 18.1 Å². The van der Waals surface area contributed by atoms with Crippen molar-refractivity contribution in [1.29, 1.82) is 0 Å². The van der Waals surface area contributed by atoms with Gasteiger partial charge in [0.15, 0.2) is 6.10 Å². The zero-order valence-corrected chi connectivity index (χ0v) is 14.7. The number of sulfonamides is 1. The van der Waals surface area contributed by atoms with Gasteiger partial charge < -0.3 is 10.1 Å². The van der Waals surface area contributed by atoms with Gasteiger partial charge in [0.1, 0.15) is 0 Å². The van der Waals surface area contributed by atoms with Crippen LogP contribution in [0.1, 0.15) is 13.3 Å². The maximum absolute atomic E-state index is 12.0. The lowest BCUT2D eigenvalue weighted by Crippen LogP contribution is -2.36. The van der Waals surface area contributed by atoms with Crippen molar-refractivity contribution in [2.24, 2.45) is 0 Å². The molecule has 0 spiro atoms. The molecule has 0 unspecified atom stereocenters. The van der Waals surface area contributed by atoms with Crippen LogP contribution >= 0.6 is 11.6 Å². The number of esters is 1. The number of rotatable bonds is 9. The Morgan fingerprint density at radius 2 is 1.96 bits per heavy atom. The fourth-order valence-corrected chi connectivity index (χ4v) is 2.77. The molecule has 1 atom stereocenters. The SMILES string of the molecule is C=CCNC(=O)[C@H](C)OC(=O)CCNS(=O)(=O)c1ccc(Cl)cc1. The van der Waals surface area contributed by atoms with Gasteiger partial charge in [0.25, 0.3) is 5.91 Å². The van der Waals surface area contributed by atoms with E-state index in [-0.39, 0.29) is 24.4 Å². The van der Waals surface area contributed by atoms with E-state index in [1.165, 1.54) is 37.3 Å². The van der Waals surface area contributed by atoms with Gasteiger partial charge in [-0.1, -0.05) is 17.7 Å². The maximum atomic E-state index is 12.0. The molecule has 132 valence electrons. The average molecular weight is 375 g/mol. The van der Waals surface area contributed by atoms with Gasteiger partial charge in [0.2, 0.25) is 10.0 Å². The van der Waals surface area contributed by atoms with Crippen LogP contribution in [-0.2, 0) is 24.3 Å². The third kappa shape index (κ3) is 6.69. The van der Waals surface area contributed by atoms with Crippen LogP contribution in [0.5, 0.6) is 0 Å². The largest absolute Gasteiger partial charge is 0.453 e. The monoisotopic (exact) mass is 374 g/mol. The molecule has 2 N–H and O–H groups in total. The van der Waals surface area contributed by atoms with E-state index in [1.54, 1.807) is 0 Å². The van der Waals surface area contributed by atoms with Crippen LogP contribution < -0.4 is 10.0 Å². The zero-order valence-electron chi connectivity index (χ0n) is 13.1. The number of hydrogen-bond donors (Lipinski definition) is 2. The third-order valence-electron chi connectivity index (χ3n) is 2.84. The minimum atomic E-state index is -3.74. The molecular formula is C15H19ClN2O5S. The van der Waals surface area contributed by atoms with E-state index >= 15 is 0 Å². The van der Waals surface area contributed by atoms with E-state index in [9.17, 15) is 18.0 Å². The predicted octanol–water partition coefficient (Wildman–Crippen LogP) is 1.24. The number of amides is 1. The number of hydrogen-bond acceptors (Lipinski definition) is 5. The van der Waals surface area contributed by atoms with E-state index in [0.29, 0.717) is 5.02 Å². The van der Waals surface area contributed by atoms with Crippen molar-refractivity contribution >= 4 is 33.5 Å². The van der Waals surface area contributed by atoms with Crippen LogP contribution in [0.25, 0.3) is 0 Å². The summed E-state index contributed by atoms with van der Waals surface area (Å²) in [5.41, 5.74) is 0. The highest BCUT2D eigenvalue weighted by atomic mass is 35.5. The van der Waals surface area contributed by atoms with Gasteiger partial charge in [0.05, 0.1) is 11.3 Å². The lowest BCUT2D eigenvalue weighted by molar-refractivity contribution is -0.154. The van der Waals surface area contributed by atoms with Crippen LogP contribution in [0.3, 0.4) is 0 Å². The van der Waals surface area contributed by atoms with Gasteiger partial charge in [-0.15, -0.1) is 6.58 Å². The van der Waals surface area contributed by atoms with Gasteiger partial charge in [-0.25, -0.2) is 13.1 Å². The molecule has 1 rings (SSSR count). The molecule has 1 aromatic carbocycles. The number of ether oxygens (including phenoxy) is 1. The Balaban J connectivity index is 2.43. The van der Waals surface area contributed by atoms with E-state index in [0.717, 1.165) is 0 Å². The molecule has 0 aliphatic heterocycles. The molecule has 0 saturated carbocycles. The van der Waals surface area contributed by atoms with Crippen LogP contribution in [0.4, 0.5) is 0 Å². The molecule has 1 amide bonds. The van der Waals surface area contributed by atoms with Crippen LogP contribution in [0.15, 0.2) is 41.8 Å². The molecule has 1 aromatic rings. The highest BCUT2D eigenvalue weighted by Gasteiger charge is 2.18. The predicted molar refractivity (Wildman–Crippen MR) is 90.0 cm³/mol. The summed E-state index contributed by atoms with van der Waals surface area (Å²) in [6.07, 6.45) is 0.328.